The Hall–Kier alpha value is -1.16. The fourth-order valence-corrected chi connectivity index (χ4v) is 4.03. The molecule has 3 rings (SSSR count). The molecule has 4 nitrogen and oxygen atoms in total. The number of piperidine rings is 1. The van der Waals surface area contributed by atoms with Crippen molar-refractivity contribution in [3.05, 3.63) is 18.5 Å². The summed E-state index contributed by atoms with van der Waals surface area (Å²) in [6.07, 6.45) is 10.3. The van der Waals surface area contributed by atoms with Gasteiger partial charge in [0.25, 0.3) is 0 Å². The molecule has 0 spiro atoms. The molecule has 3 unspecified atom stereocenters. The minimum absolute atomic E-state index is 0.579. The van der Waals surface area contributed by atoms with Gasteiger partial charge in [-0.05, 0) is 43.6 Å². The molecule has 116 valence electrons. The van der Waals surface area contributed by atoms with Crippen LogP contribution in [0, 0.1) is 11.8 Å². The van der Waals surface area contributed by atoms with Gasteiger partial charge < -0.3 is 10.2 Å². The van der Waals surface area contributed by atoms with E-state index in [1.165, 1.54) is 32.1 Å². The summed E-state index contributed by atoms with van der Waals surface area (Å²) in [5, 5.41) is 3.96. The number of hydrogen-bond acceptors (Lipinski definition) is 4. The van der Waals surface area contributed by atoms with Gasteiger partial charge in [-0.1, -0.05) is 20.3 Å². The maximum atomic E-state index is 4.40. The van der Waals surface area contributed by atoms with Crippen LogP contribution < -0.4 is 10.2 Å². The minimum atomic E-state index is 0.579. The highest BCUT2D eigenvalue weighted by atomic mass is 15.3. The molecule has 1 N–H and O–H groups in total. The summed E-state index contributed by atoms with van der Waals surface area (Å²) in [7, 11) is 0. The zero-order chi connectivity index (χ0) is 14.7. The van der Waals surface area contributed by atoms with Crippen molar-refractivity contribution in [3.63, 3.8) is 0 Å². The van der Waals surface area contributed by atoms with E-state index in [1.54, 1.807) is 0 Å². The predicted octanol–water partition coefficient (Wildman–Crippen LogP) is 2.86. The molecule has 2 fully saturated rings. The molecule has 0 aromatic carbocycles. The normalized spacial score (nSPS) is 33.9. The molecule has 0 radical (unpaired) electrons. The zero-order valence-corrected chi connectivity index (χ0v) is 13.3. The first-order chi connectivity index (χ1) is 10.2. The highest BCUT2D eigenvalue weighted by Gasteiger charge is 2.31. The number of nitrogens with one attached hydrogen (secondary N) is 1. The first-order valence-corrected chi connectivity index (χ1v) is 8.52. The van der Waals surface area contributed by atoms with Crippen LogP contribution in [-0.4, -0.2) is 35.1 Å². The molecule has 3 atom stereocenters. The van der Waals surface area contributed by atoms with Crippen molar-refractivity contribution in [3.8, 4) is 0 Å². The van der Waals surface area contributed by atoms with Crippen molar-refractivity contribution >= 4 is 5.95 Å². The molecule has 1 aromatic heterocycles. The molecule has 2 heterocycles. The van der Waals surface area contributed by atoms with Gasteiger partial charge in [-0.3, -0.25) is 0 Å². The topological polar surface area (TPSA) is 41.0 Å². The lowest BCUT2D eigenvalue weighted by molar-refractivity contribution is 0.186. The third-order valence-corrected chi connectivity index (χ3v) is 5.23. The largest absolute Gasteiger partial charge is 0.339 e. The zero-order valence-electron chi connectivity index (χ0n) is 13.3. The minimum Gasteiger partial charge on any atom is -0.339 e. The van der Waals surface area contributed by atoms with Gasteiger partial charge in [0, 0.05) is 37.6 Å². The number of nitrogens with zero attached hydrogens (tertiary/aromatic N) is 3. The van der Waals surface area contributed by atoms with Crippen LogP contribution >= 0.6 is 0 Å². The van der Waals surface area contributed by atoms with E-state index in [9.17, 15) is 0 Å². The molecule has 1 saturated heterocycles. The molecule has 21 heavy (non-hydrogen) atoms. The van der Waals surface area contributed by atoms with Crippen molar-refractivity contribution in [2.45, 2.75) is 58.0 Å². The summed E-state index contributed by atoms with van der Waals surface area (Å²) in [5.41, 5.74) is 0. The second kappa shape index (κ2) is 6.73. The smallest absolute Gasteiger partial charge is 0.225 e. The number of aromatic nitrogens is 2. The molecule has 1 aliphatic carbocycles. The van der Waals surface area contributed by atoms with Gasteiger partial charge in [-0.2, -0.15) is 0 Å². The van der Waals surface area contributed by atoms with Gasteiger partial charge in [0.2, 0.25) is 5.95 Å². The van der Waals surface area contributed by atoms with Crippen LogP contribution in [0.15, 0.2) is 18.5 Å². The van der Waals surface area contributed by atoms with Crippen molar-refractivity contribution in [2.75, 3.05) is 18.0 Å². The SMILES string of the molecule is CC1CCCC(C)C1NC1CCCN(c2ncccn2)C1. The van der Waals surface area contributed by atoms with Crippen LogP contribution in [0.25, 0.3) is 0 Å². The maximum Gasteiger partial charge on any atom is 0.225 e. The molecule has 0 bridgehead atoms. The van der Waals surface area contributed by atoms with Crippen LogP contribution in [-0.2, 0) is 0 Å². The molecule has 2 aliphatic rings. The third-order valence-electron chi connectivity index (χ3n) is 5.23. The van der Waals surface area contributed by atoms with Gasteiger partial charge in [0.15, 0.2) is 0 Å². The summed E-state index contributed by atoms with van der Waals surface area (Å²) >= 11 is 0. The van der Waals surface area contributed by atoms with E-state index >= 15 is 0 Å². The molecule has 4 heteroatoms. The Bertz CT molecular complexity index is 426. The average Bonchev–Trinajstić information content (AvgIpc) is 2.52. The summed E-state index contributed by atoms with van der Waals surface area (Å²) in [5.74, 6) is 2.49. The fourth-order valence-electron chi connectivity index (χ4n) is 4.03. The van der Waals surface area contributed by atoms with E-state index in [0.29, 0.717) is 12.1 Å². The van der Waals surface area contributed by atoms with Gasteiger partial charge >= 0.3 is 0 Å². The number of rotatable bonds is 3. The summed E-state index contributed by atoms with van der Waals surface area (Å²) < 4.78 is 0. The lowest BCUT2D eigenvalue weighted by Crippen LogP contribution is -2.53. The van der Waals surface area contributed by atoms with E-state index in [4.69, 9.17) is 0 Å². The van der Waals surface area contributed by atoms with E-state index in [0.717, 1.165) is 30.9 Å². The predicted molar refractivity (Wildman–Crippen MR) is 86.4 cm³/mol. The monoisotopic (exact) mass is 288 g/mol. The summed E-state index contributed by atoms with van der Waals surface area (Å²) in [6, 6.07) is 3.14. The molecule has 1 aliphatic heterocycles. The van der Waals surface area contributed by atoms with E-state index in [2.05, 4.69) is 34.0 Å². The number of hydrogen-bond donors (Lipinski definition) is 1. The third kappa shape index (κ3) is 3.54. The first kappa shape index (κ1) is 14.8. The van der Waals surface area contributed by atoms with Crippen LogP contribution in [0.1, 0.15) is 46.0 Å². The Labute approximate surface area is 128 Å². The van der Waals surface area contributed by atoms with Gasteiger partial charge in [-0.15, -0.1) is 0 Å². The van der Waals surface area contributed by atoms with Crippen molar-refractivity contribution < 1.29 is 0 Å². The van der Waals surface area contributed by atoms with Gasteiger partial charge in [-0.25, -0.2) is 9.97 Å². The van der Waals surface area contributed by atoms with E-state index < -0.39 is 0 Å². The lowest BCUT2D eigenvalue weighted by Gasteiger charge is -2.41. The second-order valence-corrected chi connectivity index (χ2v) is 6.91. The van der Waals surface area contributed by atoms with E-state index in [-0.39, 0.29) is 0 Å². The van der Waals surface area contributed by atoms with Crippen LogP contribution in [0.5, 0.6) is 0 Å². The Morgan fingerprint density at radius 3 is 2.48 bits per heavy atom. The molecular weight excluding hydrogens is 260 g/mol. The Morgan fingerprint density at radius 1 is 1.05 bits per heavy atom. The Kier molecular flexibility index (Phi) is 4.73. The average molecular weight is 288 g/mol. The fraction of sp³-hybridized carbons (Fsp3) is 0.765. The van der Waals surface area contributed by atoms with Crippen molar-refractivity contribution in [1.82, 2.24) is 15.3 Å². The van der Waals surface area contributed by atoms with Crippen molar-refractivity contribution in [1.29, 1.82) is 0 Å². The highest BCUT2D eigenvalue weighted by Crippen LogP contribution is 2.30. The quantitative estimate of drug-likeness (QED) is 0.928. The summed E-state index contributed by atoms with van der Waals surface area (Å²) in [6.45, 7) is 6.94. The molecule has 1 saturated carbocycles. The maximum absolute atomic E-state index is 4.40. The Morgan fingerprint density at radius 2 is 1.76 bits per heavy atom. The highest BCUT2D eigenvalue weighted by molar-refractivity contribution is 5.29. The van der Waals surface area contributed by atoms with E-state index in [1.807, 2.05) is 18.5 Å². The van der Waals surface area contributed by atoms with Crippen LogP contribution in [0.3, 0.4) is 0 Å². The molecular formula is C17H28N4. The van der Waals surface area contributed by atoms with Crippen molar-refractivity contribution in [2.24, 2.45) is 11.8 Å². The lowest BCUT2D eigenvalue weighted by atomic mass is 9.78. The van der Waals surface area contributed by atoms with Crippen LogP contribution in [0.4, 0.5) is 5.95 Å². The van der Waals surface area contributed by atoms with Gasteiger partial charge in [0.05, 0.1) is 0 Å². The molecule has 1 aromatic rings. The molecule has 0 amide bonds. The van der Waals surface area contributed by atoms with Gasteiger partial charge in [0.1, 0.15) is 0 Å². The summed E-state index contributed by atoms with van der Waals surface area (Å²) in [4.78, 5) is 11.1. The Balaban J connectivity index is 1.61. The number of anilines is 1. The second-order valence-electron chi connectivity index (χ2n) is 6.91. The van der Waals surface area contributed by atoms with Crippen LogP contribution in [0.2, 0.25) is 0 Å². The first-order valence-electron chi connectivity index (χ1n) is 8.52. The standard InChI is InChI=1S/C17H28N4/c1-13-6-3-7-14(2)16(13)20-15-8-4-11-21(12-15)17-18-9-5-10-19-17/h5,9-10,13-16,20H,3-4,6-8,11-12H2,1-2H3.